The normalized spacial score (nSPS) is 11.4. The number of H-pyrrole nitrogens is 1. The van der Waals surface area contributed by atoms with Crippen LogP contribution in [0.3, 0.4) is 0 Å². The number of rotatable bonds is 3. The van der Waals surface area contributed by atoms with Gasteiger partial charge < -0.3 is 18.6 Å². The number of carbonyl (C=O) groups excluding carboxylic acids is 5. The van der Waals surface area contributed by atoms with E-state index in [1.165, 1.54) is 27.6 Å². The first-order valence-electron chi connectivity index (χ1n) is 47.2. The fraction of sp³-hybridized carbons (Fsp3) is 0.0154. The molecule has 0 amide bonds. The van der Waals surface area contributed by atoms with Gasteiger partial charge in [-0.15, -0.1) is 0 Å². The van der Waals surface area contributed by atoms with Gasteiger partial charge in [-0.2, -0.15) is 0 Å². The number of hydrogen-bond acceptors (Lipinski definition) is 15. The van der Waals surface area contributed by atoms with E-state index in [1.54, 1.807) is 110 Å². The van der Waals surface area contributed by atoms with Crippen LogP contribution in [-0.4, -0.2) is 53.8 Å². The number of ether oxygens (including phenoxy) is 1. The molecule has 0 fully saturated rings. The summed E-state index contributed by atoms with van der Waals surface area (Å²) >= 11 is 0. The molecular formula is C130H91N5O11. The minimum Gasteiger partial charge on any atom is -0.457 e. The number of aromatic amines is 1. The first-order valence-corrected chi connectivity index (χ1v) is 47.2. The highest BCUT2D eigenvalue weighted by Gasteiger charge is 2.29. The van der Waals surface area contributed by atoms with E-state index in [1.807, 2.05) is 316 Å². The maximum atomic E-state index is 12.1. The second kappa shape index (κ2) is 46.3. The van der Waals surface area contributed by atoms with Crippen molar-refractivity contribution in [3.8, 4) is 28.0 Å². The number of benzene rings is 17. The summed E-state index contributed by atoms with van der Waals surface area (Å²) in [5.41, 5.74) is 22.1. The van der Waals surface area contributed by atoms with Gasteiger partial charge in [0.15, 0.2) is 34.3 Å². The van der Waals surface area contributed by atoms with E-state index < -0.39 is 0 Å². The van der Waals surface area contributed by atoms with Crippen molar-refractivity contribution >= 4 is 134 Å². The molecule has 1 N–H and O–H groups in total. The molecule has 28 rings (SSSR count). The Morgan fingerprint density at radius 3 is 1.07 bits per heavy atom. The lowest BCUT2D eigenvalue weighted by atomic mass is 9.84. The van der Waals surface area contributed by atoms with E-state index in [9.17, 15) is 38.4 Å². The van der Waals surface area contributed by atoms with Crippen molar-refractivity contribution in [2.45, 2.75) is 13.3 Å². The molecule has 146 heavy (non-hydrogen) atoms. The molecule has 702 valence electrons. The number of pyridine rings is 5. The molecule has 0 bridgehead atoms. The predicted octanol–water partition coefficient (Wildman–Crippen LogP) is 29.0. The van der Waals surface area contributed by atoms with Crippen molar-refractivity contribution in [3.05, 3.63) is 608 Å². The molecule has 8 heterocycles. The second-order valence-electron chi connectivity index (χ2n) is 33.7. The minimum atomic E-state index is -0.0641. The van der Waals surface area contributed by atoms with Crippen LogP contribution in [0.1, 0.15) is 97.7 Å². The SMILES string of the molecule is C=C1C=Cc2ccccc2O1.CC(=O)c1ccccc1.O=C(c1ccccc1)c1ccccc1.O=C1c2ccccc2-c2ccccc21.O=C1c2ccccc2C(=O)c2ccccc21.O=c1c2ccccc2[nH]c2ccccc12.O=c1c2ccccc2oc2ccccc12.O=c1c2ccccc2oc2ncccc12.c1ccc2c(c1)Cc1ccccc1-2.c1ccc2ncccc2c1.c1cnc2c(c1)ccc1cccnc12. The summed E-state index contributed by atoms with van der Waals surface area (Å²) in [4.78, 5) is 115. The van der Waals surface area contributed by atoms with Gasteiger partial charge in [0.1, 0.15) is 28.3 Å². The summed E-state index contributed by atoms with van der Waals surface area (Å²) in [5.74, 6) is 1.80. The monoisotopic (exact) mass is 1900 g/mol. The lowest BCUT2D eigenvalue weighted by molar-refractivity contribution is 0.0979. The zero-order chi connectivity index (χ0) is 100. The van der Waals surface area contributed by atoms with Crippen molar-refractivity contribution < 1.29 is 37.5 Å². The Morgan fingerprint density at radius 2 is 0.603 bits per heavy atom. The Bertz CT molecular complexity index is 8370. The molecule has 0 saturated heterocycles. The molecule has 0 radical (unpaired) electrons. The highest BCUT2D eigenvalue weighted by Crippen LogP contribution is 2.38. The molecule has 0 spiro atoms. The van der Waals surface area contributed by atoms with Crippen LogP contribution in [-0.2, 0) is 6.42 Å². The van der Waals surface area contributed by atoms with Crippen LogP contribution in [0.5, 0.6) is 5.75 Å². The molecule has 0 saturated carbocycles. The predicted molar refractivity (Wildman–Crippen MR) is 586 cm³/mol. The maximum absolute atomic E-state index is 12.1. The number of allylic oxidation sites excluding steroid dienone is 1. The van der Waals surface area contributed by atoms with E-state index in [0.29, 0.717) is 72.0 Å². The summed E-state index contributed by atoms with van der Waals surface area (Å²) in [6.45, 7) is 5.27. The zero-order valence-corrected chi connectivity index (χ0v) is 79.1. The maximum Gasteiger partial charge on any atom is 0.230 e. The quantitative estimate of drug-likeness (QED) is 0.0983. The minimum absolute atomic E-state index is 0.0278. The van der Waals surface area contributed by atoms with Gasteiger partial charge in [0, 0.05) is 118 Å². The van der Waals surface area contributed by atoms with Gasteiger partial charge >= 0.3 is 0 Å². The Labute approximate surface area is 839 Å². The van der Waals surface area contributed by atoms with Crippen LogP contribution >= 0.6 is 0 Å². The van der Waals surface area contributed by atoms with Crippen LogP contribution in [0.2, 0.25) is 0 Å². The molecular weight excluding hydrogens is 1810 g/mol. The summed E-state index contributed by atoms with van der Waals surface area (Å²) < 4.78 is 16.5. The fourth-order valence-electron chi connectivity index (χ4n) is 17.1. The van der Waals surface area contributed by atoms with Gasteiger partial charge in [0.2, 0.25) is 16.6 Å². The third kappa shape index (κ3) is 22.5. The smallest absolute Gasteiger partial charge is 0.230 e. The number of nitrogens with one attached hydrogen (secondary N) is 1. The number of para-hydroxylation sites is 7. The van der Waals surface area contributed by atoms with Crippen LogP contribution in [0.25, 0.3) is 127 Å². The molecule has 16 heteroatoms. The topological polar surface area (TPSA) is 239 Å². The first-order chi connectivity index (χ1) is 71.7. The van der Waals surface area contributed by atoms with E-state index in [2.05, 4.69) is 116 Å². The van der Waals surface area contributed by atoms with Crippen molar-refractivity contribution in [1.82, 2.24) is 24.9 Å². The van der Waals surface area contributed by atoms with Gasteiger partial charge in [0.25, 0.3) is 0 Å². The number of nitrogens with zero attached hydrogens (tertiary/aromatic N) is 4. The van der Waals surface area contributed by atoms with Gasteiger partial charge in [-0.1, -0.05) is 371 Å². The van der Waals surface area contributed by atoms with Crippen molar-refractivity contribution in [3.63, 3.8) is 0 Å². The van der Waals surface area contributed by atoms with Crippen LogP contribution in [0, 0.1) is 0 Å². The van der Waals surface area contributed by atoms with E-state index >= 15 is 0 Å². The van der Waals surface area contributed by atoms with Crippen LogP contribution < -0.4 is 21.0 Å². The molecule has 4 aliphatic rings. The van der Waals surface area contributed by atoms with Crippen molar-refractivity contribution in [1.29, 1.82) is 0 Å². The average Bonchev–Trinajstić information content (AvgIpc) is 1.59. The molecule has 16 nitrogen and oxygen atoms in total. The Hall–Kier alpha value is -19.8. The molecule has 0 atom stereocenters. The molecule has 17 aromatic carbocycles. The first kappa shape index (κ1) is 96.4. The van der Waals surface area contributed by atoms with Gasteiger partial charge in [-0.05, 0) is 162 Å². The summed E-state index contributed by atoms with van der Waals surface area (Å²) in [6.07, 6.45) is 12.0. The summed E-state index contributed by atoms with van der Waals surface area (Å²) in [7, 11) is 0. The summed E-state index contributed by atoms with van der Waals surface area (Å²) in [5, 5.41) is 7.36. The van der Waals surface area contributed by atoms with E-state index in [-0.39, 0.29) is 45.2 Å². The fourth-order valence-corrected chi connectivity index (χ4v) is 17.1. The number of aromatic nitrogens is 5. The number of ketones is 5. The molecule has 24 aromatic rings. The van der Waals surface area contributed by atoms with Gasteiger partial charge in [-0.3, -0.25) is 53.3 Å². The Kier molecular flexibility index (Phi) is 30.6. The second-order valence-corrected chi connectivity index (χ2v) is 33.7. The number of hydrogen-bond donors (Lipinski definition) is 1. The highest BCUT2D eigenvalue weighted by atomic mass is 16.5. The summed E-state index contributed by atoms with van der Waals surface area (Å²) in [6, 6.07) is 147. The number of Topliss-reactive ketones (excluding diaryl/α,β-unsaturated/α-hetero) is 1. The highest BCUT2D eigenvalue weighted by molar-refractivity contribution is 6.28. The lowest BCUT2D eigenvalue weighted by Gasteiger charge is -2.16. The van der Waals surface area contributed by atoms with Gasteiger partial charge in [0.05, 0.1) is 38.1 Å². The van der Waals surface area contributed by atoms with Crippen LogP contribution in [0.4, 0.5) is 0 Å². The van der Waals surface area contributed by atoms with Gasteiger partial charge in [-0.25, -0.2) is 4.98 Å². The Balaban J connectivity index is 0.000000106. The lowest BCUT2D eigenvalue weighted by Crippen LogP contribution is -2.20. The standard InChI is InChI=1S/C14H8O2.C13H9NO.C13H8O2.C13H8O.C13H10O.C13H10.C12H8N2.C12H7NO2.C10H8O.C9H7N.C8H8O/c15-13-9-5-1-2-6-10(9)14(16)12-8-4-3-7-11(12)13;15-13-9-5-1-3-7-11(9)14-12-8-4-2-6-10(12)13;14-13-9-5-1-3-7-11(9)15-12-8-4-2-6-10(12)13;14-13-11-7-3-1-5-9(11)10-6-2-4-8-12(10)13;14-13(11-7-3-1-4-8-11)12-9-5-2-6-10-12;1-3-7-12-10(5-1)9-11-6-2-4-8-13(11)12;1-3-9-5-6-10-4-2-8-14-12(10)11(9)13-7-1;14-11-8-4-1-2-6-10(8)15-12-9(11)5-3-7-13-12;1-8-6-7-9-4-2-3-5-10(9)11-8;1-2-6-9-8(4-1)5-3-7-10-9;1-7(9)8-5-3-2-4-6-8/h1-8H;1-8H,(H,14,15);1-8H;1-8H;1-10H;1-8H,9H2;1-8H;1-7H;2-7H,1H2;1-7H;2-6H,1H3. The number of fused-ring (bicyclic) bond motifs is 19. The molecule has 1 aliphatic heterocycles. The van der Waals surface area contributed by atoms with Crippen LogP contribution in [0.15, 0.2) is 534 Å². The zero-order valence-electron chi connectivity index (χ0n) is 79.1. The average molecular weight is 1900 g/mol. The van der Waals surface area contributed by atoms with E-state index in [0.717, 1.165) is 106 Å². The number of carbonyl (C=O) groups is 5. The molecule has 7 aromatic heterocycles. The third-order valence-electron chi connectivity index (χ3n) is 24.3. The molecule has 0 unspecified atom stereocenters. The van der Waals surface area contributed by atoms with Crippen molar-refractivity contribution in [2.75, 3.05) is 0 Å². The molecule has 3 aliphatic carbocycles. The van der Waals surface area contributed by atoms with E-state index in [4.69, 9.17) is 13.6 Å². The largest absolute Gasteiger partial charge is 0.457 e. The Morgan fingerprint density at radius 1 is 0.274 bits per heavy atom. The third-order valence-corrected chi connectivity index (χ3v) is 24.3. The van der Waals surface area contributed by atoms with Crippen molar-refractivity contribution in [2.24, 2.45) is 0 Å².